The molecule has 0 N–H and O–H groups in total. The molecule has 1 atom stereocenters. The number of amides is 1. The minimum absolute atomic E-state index is 0.110. The van der Waals surface area contributed by atoms with E-state index in [1.165, 1.54) is 0 Å². The summed E-state index contributed by atoms with van der Waals surface area (Å²) in [6.45, 7) is 7.15. The summed E-state index contributed by atoms with van der Waals surface area (Å²) in [6, 6.07) is 18.3. The summed E-state index contributed by atoms with van der Waals surface area (Å²) in [5.41, 5.74) is 5.33. The molecule has 174 valence electrons. The van der Waals surface area contributed by atoms with Crippen LogP contribution in [0.25, 0.3) is 11.1 Å². The standard InChI is InChI=1S/C25H31N5O2S/c1-19-17-20(2)30(26-19)18-25(31)29-15-13-28(14-16-29)24-8-6-5-7-23(24)21-9-11-22(12-10-21)33(32)27(3)4/h5-12,17H,13-16,18H2,1-4H3. The first-order valence-electron chi connectivity index (χ1n) is 11.2. The van der Waals surface area contributed by atoms with Gasteiger partial charge >= 0.3 is 0 Å². The highest BCUT2D eigenvalue weighted by atomic mass is 32.2. The van der Waals surface area contributed by atoms with Crippen molar-refractivity contribution >= 4 is 23.0 Å². The van der Waals surface area contributed by atoms with Crippen molar-refractivity contribution in [2.45, 2.75) is 25.3 Å². The fourth-order valence-corrected chi connectivity index (χ4v) is 5.01. The van der Waals surface area contributed by atoms with Crippen molar-refractivity contribution in [2.75, 3.05) is 45.2 Å². The van der Waals surface area contributed by atoms with E-state index in [-0.39, 0.29) is 12.5 Å². The predicted molar refractivity (Wildman–Crippen MR) is 132 cm³/mol. The van der Waals surface area contributed by atoms with E-state index in [9.17, 15) is 9.35 Å². The molecule has 33 heavy (non-hydrogen) atoms. The number of anilines is 1. The Hall–Kier alpha value is -2.81. The number of para-hydroxylation sites is 1. The Kier molecular flexibility index (Phi) is 7.07. The zero-order chi connectivity index (χ0) is 23.5. The van der Waals surface area contributed by atoms with Crippen LogP contribution in [0.2, 0.25) is 0 Å². The number of piperazine rings is 1. The summed E-state index contributed by atoms with van der Waals surface area (Å²) in [5, 5.41) is 4.42. The number of carbonyl (C=O) groups excluding carboxylic acids is 1. The molecule has 1 aliphatic rings. The number of aryl methyl sites for hydroxylation is 2. The van der Waals surface area contributed by atoms with Crippen LogP contribution in [0.3, 0.4) is 0 Å². The van der Waals surface area contributed by atoms with Crippen LogP contribution in [0.15, 0.2) is 59.5 Å². The molecule has 1 unspecified atom stereocenters. The van der Waals surface area contributed by atoms with Gasteiger partial charge in [0.25, 0.3) is 0 Å². The maximum absolute atomic E-state index is 12.8. The van der Waals surface area contributed by atoms with Crippen LogP contribution in [0, 0.1) is 13.8 Å². The molecule has 2 heterocycles. The van der Waals surface area contributed by atoms with Gasteiger partial charge in [-0.2, -0.15) is 5.10 Å². The van der Waals surface area contributed by atoms with Crippen LogP contribution in [-0.2, 0) is 22.7 Å². The van der Waals surface area contributed by atoms with Gasteiger partial charge in [0.05, 0.1) is 17.1 Å². The topological polar surface area (TPSA) is 67.7 Å². The maximum atomic E-state index is 12.8. The lowest BCUT2D eigenvalue weighted by Crippen LogP contribution is -2.49. The quantitative estimate of drug-likeness (QED) is 0.524. The Bertz CT molecular complexity index is 1100. The molecule has 0 radical (unpaired) electrons. The predicted octanol–water partition coefficient (Wildman–Crippen LogP) is 3.10. The van der Waals surface area contributed by atoms with E-state index in [2.05, 4.69) is 28.2 Å². The summed E-state index contributed by atoms with van der Waals surface area (Å²) < 4.78 is 15.8. The van der Waals surface area contributed by atoms with Crippen LogP contribution in [0.4, 0.5) is 5.69 Å². The van der Waals surface area contributed by atoms with E-state index < -0.39 is 11.4 Å². The highest BCUT2D eigenvalue weighted by Crippen LogP contribution is 2.32. The Balaban J connectivity index is 1.44. The number of carbonyl (C=O) groups is 1. The number of nitrogens with zero attached hydrogens (tertiary/aromatic N) is 5. The van der Waals surface area contributed by atoms with Crippen molar-refractivity contribution in [2.24, 2.45) is 0 Å². The van der Waals surface area contributed by atoms with Gasteiger partial charge in [-0.05, 0) is 55.8 Å². The molecule has 2 aromatic carbocycles. The average Bonchev–Trinajstić information content (AvgIpc) is 3.15. The number of benzene rings is 2. The van der Waals surface area contributed by atoms with Crippen molar-refractivity contribution < 1.29 is 9.35 Å². The van der Waals surface area contributed by atoms with Crippen LogP contribution in [0.1, 0.15) is 11.4 Å². The molecular weight excluding hydrogens is 434 g/mol. The lowest BCUT2D eigenvalue weighted by atomic mass is 10.0. The van der Waals surface area contributed by atoms with Crippen LogP contribution < -0.4 is 4.90 Å². The zero-order valence-corrected chi connectivity index (χ0v) is 20.5. The summed E-state index contributed by atoms with van der Waals surface area (Å²) >= 11 is -1.15. The zero-order valence-electron chi connectivity index (χ0n) is 19.7. The molecule has 0 bridgehead atoms. The maximum Gasteiger partial charge on any atom is 0.244 e. The van der Waals surface area contributed by atoms with E-state index in [1.807, 2.05) is 55.1 Å². The average molecular weight is 466 g/mol. The Labute approximate surface area is 198 Å². The highest BCUT2D eigenvalue weighted by Gasteiger charge is 2.24. The fourth-order valence-electron chi connectivity index (χ4n) is 4.22. The molecular formula is C25H31N5O2S. The van der Waals surface area contributed by atoms with E-state index in [4.69, 9.17) is 0 Å². The first-order chi connectivity index (χ1) is 15.8. The second-order valence-electron chi connectivity index (χ2n) is 8.56. The van der Waals surface area contributed by atoms with Crippen LogP contribution in [-0.4, -0.2) is 69.7 Å². The third-order valence-corrected chi connectivity index (χ3v) is 7.30. The third-order valence-electron chi connectivity index (χ3n) is 5.96. The third kappa shape index (κ3) is 5.24. The molecule has 7 nitrogen and oxygen atoms in total. The van der Waals surface area contributed by atoms with Gasteiger partial charge in [0.1, 0.15) is 6.54 Å². The molecule has 1 fully saturated rings. The molecule has 1 aromatic heterocycles. The smallest absolute Gasteiger partial charge is 0.244 e. The molecule has 4 rings (SSSR count). The number of aromatic nitrogens is 2. The molecule has 1 saturated heterocycles. The highest BCUT2D eigenvalue weighted by molar-refractivity contribution is 7.89. The molecule has 1 aliphatic heterocycles. The summed E-state index contributed by atoms with van der Waals surface area (Å²) in [6.07, 6.45) is 0. The minimum atomic E-state index is -1.15. The van der Waals surface area contributed by atoms with Gasteiger partial charge in [0.2, 0.25) is 5.91 Å². The first kappa shape index (κ1) is 23.4. The van der Waals surface area contributed by atoms with Crippen molar-refractivity contribution in [3.63, 3.8) is 0 Å². The van der Waals surface area contributed by atoms with E-state index in [0.29, 0.717) is 13.1 Å². The second-order valence-corrected chi connectivity index (χ2v) is 10.3. The fraction of sp³-hybridized carbons (Fsp3) is 0.360. The molecule has 3 aromatic rings. The van der Waals surface area contributed by atoms with Crippen LogP contribution in [0.5, 0.6) is 0 Å². The SMILES string of the molecule is Cc1cc(C)n(CC(=O)N2CCN(c3ccccc3-c3ccc([S+]([O-])N(C)C)cc3)CC2)n1. The largest absolute Gasteiger partial charge is 0.593 e. The molecule has 0 spiro atoms. The van der Waals surface area contributed by atoms with Gasteiger partial charge in [-0.25, -0.2) is 0 Å². The van der Waals surface area contributed by atoms with E-state index >= 15 is 0 Å². The number of rotatable bonds is 6. The first-order valence-corrected chi connectivity index (χ1v) is 12.3. The summed E-state index contributed by atoms with van der Waals surface area (Å²) in [7, 11) is 3.61. The molecule has 0 saturated carbocycles. The normalized spacial score (nSPS) is 15.2. The Morgan fingerprint density at radius 2 is 1.70 bits per heavy atom. The summed E-state index contributed by atoms with van der Waals surface area (Å²) in [4.78, 5) is 17.9. The monoisotopic (exact) mass is 465 g/mol. The van der Waals surface area contributed by atoms with Crippen molar-refractivity contribution in [3.05, 3.63) is 66.0 Å². The van der Waals surface area contributed by atoms with Crippen molar-refractivity contribution in [1.82, 2.24) is 19.0 Å². The molecule has 8 heteroatoms. The van der Waals surface area contributed by atoms with Crippen molar-refractivity contribution in [1.29, 1.82) is 0 Å². The van der Waals surface area contributed by atoms with Gasteiger partial charge in [-0.3, -0.25) is 9.48 Å². The van der Waals surface area contributed by atoms with Crippen LogP contribution >= 0.6 is 0 Å². The second kappa shape index (κ2) is 9.99. The van der Waals surface area contributed by atoms with Gasteiger partial charge in [0, 0.05) is 57.2 Å². The molecule has 0 aliphatic carbocycles. The number of hydrogen-bond acceptors (Lipinski definition) is 5. The number of hydrogen-bond donors (Lipinski definition) is 0. The van der Waals surface area contributed by atoms with Gasteiger partial charge in [-0.15, -0.1) is 4.31 Å². The summed E-state index contributed by atoms with van der Waals surface area (Å²) in [5.74, 6) is 0.110. The van der Waals surface area contributed by atoms with E-state index in [1.54, 1.807) is 23.1 Å². The van der Waals surface area contributed by atoms with E-state index in [0.717, 1.165) is 46.2 Å². The lowest BCUT2D eigenvalue weighted by molar-refractivity contribution is -0.132. The minimum Gasteiger partial charge on any atom is -0.593 e. The van der Waals surface area contributed by atoms with Crippen molar-refractivity contribution in [3.8, 4) is 11.1 Å². The van der Waals surface area contributed by atoms with Gasteiger partial charge < -0.3 is 14.4 Å². The Morgan fingerprint density at radius 3 is 2.30 bits per heavy atom. The Morgan fingerprint density at radius 1 is 1.03 bits per heavy atom. The molecule has 1 amide bonds. The van der Waals surface area contributed by atoms with Gasteiger partial charge in [0.15, 0.2) is 4.90 Å². The lowest BCUT2D eigenvalue weighted by Gasteiger charge is -2.37. The van der Waals surface area contributed by atoms with Gasteiger partial charge in [-0.1, -0.05) is 18.2 Å².